The molecule has 2 N–H and O–H groups in total. The second-order valence-electron chi connectivity index (χ2n) is 5.92. The molecule has 1 heterocycles. The van der Waals surface area contributed by atoms with Crippen LogP contribution in [0.25, 0.3) is 0 Å². The summed E-state index contributed by atoms with van der Waals surface area (Å²) in [5, 5.41) is 15.3. The fourth-order valence-electron chi connectivity index (χ4n) is 2.03. The monoisotopic (exact) mass is 327 g/mol. The van der Waals surface area contributed by atoms with Crippen LogP contribution in [0.3, 0.4) is 0 Å². The van der Waals surface area contributed by atoms with Crippen molar-refractivity contribution in [2.24, 2.45) is 5.92 Å². The van der Waals surface area contributed by atoms with Crippen LogP contribution >= 0.6 is 11.8 Å². The molecule has 0 aliphatic rings. The maximum atomic E-state index is 11.6. The summed E-state index contributed by atoms with van der Waals surface area (Å²) >= 11 is 1.62. The van der Waals surface area contributed by atoms with Crippen LogP contribution in [0.5, 0.6) is 0 Å². The zero-order valence-corrected chi connectivity index (χ0v) is 15.2. The number of carbonyl (C=O) groups is 1. The second kappa shape index (κ2) is 9.71. The van der Waals surface area contributed by atoms with Crippen molar-refractivity contribution in [1.82, 2.24) is 25.4 Å². The summed E-state index contributed by atoms with van der Waals surface area (Å²) in [5.41, 5.74) is 0. The maximum Gasteiger partial charge on any atom is 0.314 e. The highest BCUT2D eigenvalue weighted by Crippen LogP contribution is 2.16. The van der Waals surface area contributed by atoms with E-state index in [9.17, 15) is 4.79 Å². The van der Waals surface area contributed by atoms with Crippen LogP contribution in [0, 0.1) is 5.92 Å². The van der Waals surface area contributed by atoms with E-state index in [1.165, 1.54) is 0 Å². The number of hydrogen-bond acceptors (Lipinski definition) is 4. The van der Waals surface area contributed by atoms with Crippen LogP contribution in [-0.4, -0.2) is 39.6 Å². The lowest BCUT2D eigenvalue weighted by Gasteiger charge is -2.13. The SMILES string of the molecule is CCC(C)NC(=O)NCCCc1nnc(SC)n1CC(C)C. The van der Waals surface area contributed by atoms with E-state index in [1.807, 2.05) is 13.2 Å². The van der Waals surface area contributed by atoms with Crippen LogP contribution in [0.15, 0.2) is 5.16 Å². The third-order valence-corrected chi connectivity index (χ3v) is 4.04. The summed E-state index contributed by atoms with van der Waals surface area (Å²) in [7, 11) is 0. The highest BCUT2D eigenvalue weighted by molar-refractivity contribution is 7.98. The summed E-state index contributed by atoms with van der Waals surface area (Å²) in [6.45, 7) is 10.0. The minimum atomic E-state index is -0.0946. The van der Waals surface area contributed by atoms with Gasteiger partial charge in [-0.25, -0.2) is 4.79 Å². The van der Waals surface area contributed by atoms with Crippen molar-refractivity contribution in [2.75, 3.05) is 12.8 Å². The van der Waals surface area contributed by atoms with Gasteiger partial charge in [0, 0.05) is 25.6 Å². The summed E-state index contributed by atoms with van der Waals surface area (Å²) in [6.07, 6.45) is 4.64. The molecule has 7 heteroatoms. The van der Waals surface area contributed by atoms with Gasteiger partial charge in [0.2, 0.25) is 0 Å². The van der Waals surface area contributed by atoms with Crippen molar-refractivity contribution in [2.45, 2.75) is 64.7 Å². The summed E-state index contributed by atoms with van der Waals surface area (Å²) in [5.74, 6) is 1.56. The topological polar surface area (TPSA) is 71.8 Å². The maximum absolute atomic E-state index is 11.6. The van der Waals surface area contributed by atoms with Crippen molar-refractivity contribution in [3.05, 3.63) is 5.82 Å². The van der Waals surface area contributed by atoms with Gasteiger partial charge < -0.3 is 15.2 Å². The number of aryl methyl sites for hydroxylation is 1. The molecule has 1 rings (SSSR count). The van der Waals surface area contributed by atoms with Gasteiger partial charge in [0.15, 0.2) is 5.16 Å². The molecule has 1 atom stereocenters. The molecule has 0 spiro atoms. The third kappa shape index (κ3) is 6.25. The molecule has 0 saturated carbocycles. The van der Waals surface area contributed by atoms with Crippen LogP contribution in [0.2, 0.25) is 0 Å². The molecule has 126 valence electrons. The van der Waals surface area contributed by atoms with E-state index in [2.05, 4.69) is 46.2 Å². The fourth-order valence-corrected chi connectivity index (χ4v) is 2.55. The standard InChI is InChI=1S/C15H29N5OS/c1-6-12(4)17-14(21)16-9-7-8-13-18-19-15(22-5)20(13)10-11(2)3/h11-12H,6-10H2,1-5H3,(H2,16,17,21). The van der Waals surface area contributed by atoms with Gasteiger partial charge in [0.05, 0.1) is 0 Å². The van der Waals surface area contributed by atoms with E-state index in [0.29, 0.717) is 12.5 Å². The molecule has 22 heavy (non-hydrogen) atoms. The van der Waals surface area contributed by atoms with Gasteiger partial charge in [0.1, 0.15) is 5.82 Å². The Bertz CT molecular complexity index is 461. The van der Waals surface area contributed by atoms with Crippen LogP contribution < -0.4 is 10.6 Å². The number of aromatic nitrogens is 3. The second-order valence-corrected chi connectivity index (χ2v) is 6.69. The molecular weight excluding hydrogens is 298 g/mol. The molecule has 1 unspecified atom stereocenters. The fraction of sp³-hybridized carbons (Fsp3) is 0.800. The molecular formula is C15H29N5OS. The Labute approximate surface area is 137 Å². The number of urea groups is 1. The molecule has 1 aromatic rings. The summed E-state index contributed by atoms with van der Waals surface area (Å²) in [4.78, 5) is 11.6. The first-order valence-electron chi connectivity index (χ1n) is 7.98. The normalized spacial score (nSPS) is 12.5. The van der Waals surface area contributed by atoms with E-state index in [4.69, 9.17) is 0 Å². The van der Waals surface area contributed by atoms with E-state index >= 15 is 0 Å². The summed E-state index contributed by atoms with van der Waals surface area (Å²) < 4.78 is 2.19. The average Bonchev–Trinajstić information content (AvgIpc) is 2.84. The molecule has 0 saturated heterocycles. The van der Waals surface area contributed by atoms with Gasteiger partial charge in [-0.05, 0) is 31.9 Å². The Balaban J connectivity index is 2.42. The Morgan fingerprint density at radius 2 is 2.05 bits per heavy atom. The van der Waals surface area contributed by atoms with E-state index in [1.54, 1.807) is 11.8 Å². The first-order chi connectivity index (χ1) is 10.5. The quantitative estimate of drug-likeness (QED) is 0.540. The predicted molar refractivity (Wildman–Crippen MR) is 91.2 cm³/mol. The molecule has 0 aliphatic heterocycles. The molecule has 0 radical (unpaired) electrons. The van der Waals surface area contributed by atoms with Gasteiger partial charge >= 0.3 is 6.03 Å². The highest BCUT2D eigenvalue weighted by Gasteiger charge is 2.12. The zero-order valence-electron chi connectivity index (χ0n) is 14.3. The number of amides is 2. The largest absolute Gasteiger partial charge is 0.338 e. The van der Waals surface area contributed by atoms with Gasteiger partial charge in [-0.1, -0.05) is 32.5 Å². The lowest BCUT2D eigenvalue weighted by atomic mass is 10.2. The Kier molecular flexibility index (Phi) is 8.30. The van der Waals surface area contributed by atoms with Crippen molar-refractivity contribution >= 4 is 17.8 Å². The molecule has 0 aliphatic carbocycles. The van der Waals surface area contributed by atoms with Crippen LogP contribution in [0.4, 0.5) is 4.79 Å². The Morgan fingerprint density at radius 1 is 1.32 bits per heavy atom. The Morgan fingerprint density at radius 3 is 2.64 bits per heavy atom. The van der Waals surface area contributed by atoms with Crippen molar-refractivity contribution in [3.63, 3.8) is 0 Å². The summed E-state index contributed by atoms with van der Waals surface area (Å²) in [6, 6.07) is 0.112. The van der Waals surface area contributed by atoms with E-state index in [0.717, 1.165) is 36.8 Å². The number of carbonyl (C=O) groups excluding carboxylic acids is 1. The minimum Gasteiger partial charge on any atom is -0.338 e. The lowest BCUT2D eigenvalue weighted by Crippen LogP contribution is -2.40. The van der Waals surface area contributed by atoms with Crippen LogP contribution in [0.1, 0.15) is 46.4 Å². The zero-order chi connectivity index (χ0) is 16.5. The van der Waals surface area contributed by atoms with Crippen molar-refractivity contribution < 1.29 is 4.79 Å². The number of thioether (sulfide) groups is 1. The highest BCUT2D eigenvalue weighted by atomic mass is 32.2. The van der Waals surface area contributed by atoms with Gasteiger partial charge in [-0.2, -0.15) is 0 Å². The molecule has 0 fully saturated rings. The third-order valence-electron chi connectivity index (χ3n) is 3.38. The molecule has 1 aromatic heterocycles. The number of nitrogens with zero attached hydrogens (tertiary/aromatic N) is 3. The van der Waals surface area contributed by atoms with Gasteiger partial charge in [-0.15, -0.1) is 10.2 Å². The van der Waals surface area contributed by atoms with Gasteiger partial charge in [0.25, 0.3) is 0 Å². The minimum absolute atomic E-state index is 0.0946. The first kappa shape index (κ1) is 18.8. The predicted octanol–water partition coefficient (Wildman–Crippen LogP) is 2.69. The number of nitrogens with one attached hydrogen (secondary N) is 2. The molecule has 0 bridgehead atoms. The van der Waals surface area contributed by atoms with E-state index < -0.39 is 0 Å². The molecule has 0 aromatic carbocycles. The van der Waals surface area contributed by atoms with E-state index in [-0.39, 0.29) is 12.1 Å². The molecule has 6 nitrogen and oxygen atoms in total. The lowest BCUT2D eigenvalue weighted by molar-refractivity contribution is 0.237. The van der Waals surface area contributed by atoms with Gasteiger partial charge in [-0.3, -0.25) is 0 Å². The average molecular weight is 327 g/mol. The van der Waals surface area contributed by atoms with Crippen molar-refractivity contribution in [1.29, 1.82) is 0 Å². The van der Waals surface area contributed by atoms with Crippen LogP contribution in [-0.2, 0) is 13.0 Å². The Hall–Kier alpha value is -1.24. The van der Waals surface area contributed by atoms with Crippen molar-refractivity contribution in [3.8, 4) is 0 Å². The smallest absolute Gasteiger partial charge is 0.314 e. The molecule has 2 amide bonds. The number of hydrogen-bond donors (Lipinski definition) is 2. The first-order valence-corrected chi connectivity index (χ1v) is 9.20. The number of rotatable bonds is 9.